The highest BCUT2D eigenvalue weighted by Gasteiger charge is 2.04. The largest absolute Gasteiger partial charge is 0.478 e. The predicted molar refractivity (Wildman–Crippen MR) is 40.6 cm³/mol. The Morgan fingerprint density at radius 2 is 2.36 bits per heavy atom. The topological polar surface area (TPSA) is 76.2 Å². The number of pyridine rings is 1. The Bertz CT molecular complexity index is 301. The number of nitrogens with two attached hydrogens (primary N) is 1. The maximum absolute atomic E-state index is 10.3. The monoisotopic (exact) mass is 172 g/mol. The molecule has 0 aliphatic rings. The first-order valence-electron chi connectivity index (χ1n) is 2.75. The third-order valence-corrected chi connectivity index (χ3v) is 1.43. The van der Waals surface area contributed by atoms with E-state index in [1.54, 1.807) is 0 Å². The zero-order chi connectivity index (χ0) is 8.43. The molecule has 0 atom stereocenters. The summed E-state index contributed by atoms with van der Waals surface area (Å²) in [6.07, 6.45) is 1.15. The van der Waals surface area contributed by atoms with Crippen LogP contribution in [0.2, 0.25) is 5.15 Å². The van der Waals surface area contributed by atoms with Crippen LogP contribution in [0, 0.1) is 0 Å². The molecule has 0 saturated heterocycles. The van der Waals surface area contributed by atoms with E-state index in [1.807, 2.05) is 0 Å². The molecule has 0 aliphatic heterocycles. The van der Waals surface area contributed by atoms with Crippen molar-refractivity contribution in [3.63, 3.8) is 0 Å². The third kappa shape index (κ3) is 1.59. The minimum Gasteiger partial charge on any atom is -0.478 e. The van der Waals surface area contributed by atoms with Crippen molar-refractivity contribution < 1.29 is 9.90 Å². The number of hydrogen-bond acceptors (Lipinski definition) is 3. The normalized spacial score (nSPS) is 9.55. The molecule has 4 nitrogen and oxygen atoms in total. The van der Waals surface area contributed by atoms with Gasteiger partial charge in [-0.05, 0) is 6.07 Å². The van der Waals surface area contributed by atoms with Crippen LogP contribution in [0.1, 0.15) is 10.4 Å². The van der Waals surface area contributed by atoms with Crippen molar-refractivity contribution in [3.05, 3.63) is 23.0 Å². The molecule has 3 N–H and O–H groups in total. The summed E-state index contributed by atoms with van der Waals surface area (Å²) in [5.74, 6) is -1.07. The van der Waals surface area contributed by atoms with Crippen molar-refractivity contribution in [3.8, 4) is 0 Å². The van der Waals surface area contributed by atoms with E-state index >= 15 is 0 Å². The number of halogens is 1. The highest BCUT2D eigenvalue weighted by molar-refractivity contribution is 6.31. The molecular weight excluding hydrogens is 168 g/mol. The Balaban J connectivity index is 3.15. The lowest BCUT2D eigenvalue weighted by Gasteiger charge is -1.96. The molecule has 0 aromatic carbocycles. The van der Waals surface area contributed by atoms with Gasteiger partial charge in [0.2, 0.25) is 0 Å². The molecule has 0 spiro atoms. The maximum atomic E-state index is 10.3. The summed E-state index contributed by atoms with van der Waals surface area (Å²) in [6, 6.07) is 1.26. The number of carboxylic acids is 1. The smallest absolute Gasteiger partial charge is 0.337 e. The molecular formula is C6H5ClN2O2. The first-order chi connectivity index (χ1) is 5.11. The van der Waals surface area contributed by atoms with E-state index in [1.165, 1.54) is 6.07 Å². The van der Waals surface area contributed by atoms with Crippen molar-refractivity contribution in [2.24, 2.45) is 0 Å². The second kappa shape index (κ2) is 2.75. The molecule has 1 aromatic heterocycles. The molecule has 1 rings (SSSR count). The molecule has 58 valence electrons. The van der Waals surface area contributed by atoms with Gasteiger partial charge in [0.25, 0.3) is 0 Å². The number of hydrogen-bond donors (Lipinski definition) is 2. The molecule has 0 aliphatic carbocycles. The number of rotatable bonds is 1. The fourth-order valence-electron chi connectivity index (χ4n) is 0.582. The van der Waals surface area contributed by atoms with Gasteiger partial charge in [-0.1, -0.05) is 11.6 Å². The number of aromatic carboxylic acids is 1. The maximum Gasteiger partial charge on any atom is 0.337 e. The fourth-order valence-corrected chi connectivity index (χ4v) is 0.685. The van der Waals surface area contributed by atoms with Gasteiger partial charge in [0.15, 0.2) is 5.15 Å². The van der Waals surface area contributed by atoms with E-state index in [4.69, 9.17) is 22.4 Å². The van der Waals surface area contributed by atoms with Crippen molar-refractivity contribution >= 4 is 23.3 Å². The Kier molecular flexibility index (Phi) is 1.96. The molecule has 0 amide bonds. The van der Waals surface area contributed by atoms with Crippen LogP contribution >= 0.6 is 11.6 Å². The quantitative estimate of drug-likeness (QED) is 0.620. The van der Waals surface area contributed by atoms with E-state index in [-0.39, 0.29) is 16.4 Å². The van der Waals surface area contributed by atoms with Crippen LogP contribution in [0.4, 0.5) is 5.69 Å². The molecule has 0 radical (unpaired) electrons. The van der Waals surface area contributed by atoms with E-state index in [9.17, 15) is 4.79 Å². The summed E-state index contributed by atoms with van der Waals surface area (Å²) in [6.45, 7) is 0. The molecule has 5 heteroatoms. The first-order valence-corrected chi connectivity index (χ1v) is 3.13. The van der Waals surface area contributed by atoms with Crippen molar-refractivity contribution in [2.75, 3.05) is 5.73 Å². The summed E-state index contributed by atoms with van der Waals surface area (Å²) >= 11 is 5.46. The van der Waals surface area contributed by atoms with Crippen LogP contribution in [0.25, 0.3) is 0 Å². The SMILES string of the molecule is Nc1cc(C(=O)O)cnc1Cl. The van der Waals surface area contributed by atoms with Gasteiger partial charge in [-0.3, -0.25) is 0 Å². The van der Waals surface area contributed by atoms with Gasteiger partial charge in [0, 0.05) is 6.20 Å². The van der Waals surface area contributed by atoms with Gasteiger partial charge in [0.05, 0.1) is 11.3 Å². The lowest BCUT2D eigenvalue weighted by atomic mass is 10.3. The Labute approximate surface area is 67.6 Å². The fraction of sp³-hybridized carbons (Fsp3) is 0. The second-order valence-electron chi connectivity index (χ2n) is 1.91. The van der Waals surface area contributed by atoms with Crippen LogP contribution in [0.5, 0.6) is 0 Å². The average Bonchev–Trinajstić information content (AvgIpc) is 1.94. The summed E-state index contributed by atoms with van der Waals surface area (Å²) < 4.78 is 0. The van der Waals surface area contributed by atoms with Crippen molar-refractivity contribution in [1.29, 1.82) is 0 Å². The van der Waals surface area contributed by atoms with Crippen LogP contribution in [-0.2, 0) is 0 Å². The molecule has 0 fully saturated rings. The van der Waals surface area contributed by atoms with Gasteiger partial charge < -0.3 is 10.8 Å². The van der Waals surface area contributed by atoms with Gasteiger partial charge >= 0.3 is 5.97 Å². The van der Waals surface area contributed by atoms with Crippen LogP contribution < -0.4 is 5.73 Å². The summed E-state index contributed by atoms with van der Waals surface area (Å²) in [7, 11) is 0. The molecule has 0 unspecified atom stereocenters. The van der Waals surface area contributed by atoms with Gasteiger partial charge in [0.1, 0.15) is 0 Å². The Hall–Kier alpha value is -1.29. The van der Waals surface area contributed by atoms with Crippen molar-refractivity contribution in [1.82, 2.24) is 4.98 Å². The molecule has 0 bridgehead atoms. The Morgan fingerprint density at radius 1 is 1.73 bits per heavy atom. The number of anilines is 1. The molecule has 1 heterocycles. The zero-order valence-corrected chi connectivity index (χ0v) is 6.17. The molecule has 1 aromatic rings. The standard InChI is InChI=1S/C6H5ClN2O2/c7-5-4(8)1-3(2-9-5)6(10)11/h1-2H,8H2,(H,10,11). The highest BCUT2D eigenvalue weighted by atomic mass is 35.5. The Morgan fingerprint density at radius 3 is 2.82 bits per heavy atom. The van der Waals surface area contributed by atoms with Gasteiger partial charge in [-0.15, -0.1) is 0 Å². The second-order valence-corrected chi connectivity index (χ2v) is 2.27. The average molecular weight is 173 g/mol. The lowest BCUT2D eigenvalue weighted by Crippen LogP contribution is -1.99. The number of aromatic nitrogens is 1. The number of nitrogens with zero attached hydrogens (tertiary/aromatic N) is 1. The zero-order valence-electron chi connectivity index (χ0n) is 5.41. The molecule has 0 saturated carbocycles. The number of nitrogen functional groups attached to an aromatic ring is 1. The summed E-state index contributed by atoms with van der Waals surface area (Å²) in [5, 5.41) is 8.58. The van der Waals surface area contributed by atoms with Crippen molar-refractivity contribution in [2.45, 2.75) is 0 Å². The van der Waals surface area contributed by atoms with Crippen LogP contribution in [0.3, 0.4) is 0 Å². The van der Waals surface area contributed by atoms with Crippen LogP contribution in [-0.4, -0.2) is 16.1 Å². The first kappa shape index (κ1) is 7.81. The third-order valence-electron chi connectivity index (χ3n) is 1.11. The van der Waals surface area contributed by atoms with E-state index in [0.717, 1.165) is 6.20 Å². The number of carboxylic acid groups (broad SMARTS) is 1. The lowest BCUT2D eigenvalue weighted by molar-refractivity contribution is 0.0696. The van der Waals surface area contributed by atoms with E-state index in [2.05, 4.69) is 4.98 Å². The molecule has 11 heavy (non-hydrogen) atoms. The van der Waals surface area contributed by atoms with E-state index in [0.29, 0.717) is 0 Å². The summed E-state index contributed by atoms with van der Waals surface area (Å²) in [5.41, 5.74) is 5.51. The van der Waals surface area contributed by atoms with Gasteiger partial charge in [-0.25, -0.2) is 9.78 Å². The number of carbonyl (C=O) groups is 1. The summed E-state index contributed by atoms with van der Waals surface area (Å²) in [4.78, 5) is 13.9. The minimum absolute atomic E-state index is 0.0342. The van der Waals surface area contributed by atoms with Gasteiger partial charge in [-0.2, -0.15) is 0 Å². The van der Waals surface area contributed by atoms with Crippen LogP contribution in [0.15, 0.2) is 12.3 Å². The van der Waals surface area contributed by atoms with E-state index < -0.39 is 5.97 Å². The highest BCUT2D eigenvalue weighted by Crippen LogP contribution is 2.15. The minimum atomic E-state index is -1.07. The predicted octanol–water partition coefficient (Wildman–Crippen LogP) is 1.02.